The van der Waals surface area contributed by atoms with E-state index in [0.29, 0.717) is 23.7 Å². The Morgan fingerprint density at radius 3 is 2.73 bits per heavy atom. The van der Waals surface area contributed by atoms with Crippen LogP contribution in [0.2, 0.25) is 5.02 Å². The predicted molar refractivity (Wildman–Crippen MR) is 101 cm³/mol. The summed E-state index contributed by atoms with van der Waals surface area (Å²) in [6.45, 7) is 0.778. The summed E-state index contributed by atoms with van der Waals surface area (Å²) in [7, 11) is 0. The second-order valence-electron chi connectivity index (χ2n) is 5.85. The maximum absolute atomic E-state index is 12.2. The van der Waals surface area contributed by atoms with E-state index < -0.39 is 0 Å². The maximum atomic E-state index is 12.2. The Labute approximate surface area is 155 Å². The van der Waals surface area contributed by atoms with Crippen molar-refractivity contribution in [3.8, 4) is 0 Å². The van der Waals surface area contributed by atoms with E-state index in [1.54, 1.807) is 0 Å². The molecule has 3 rings (SSSR count). The van der Waals surface area contributed by atoms with Crippen LogP contribution in [0.1, 0.15) is 22.5 Å². The standard InChI is InChI=1S/C19H19ClN4O2/c20-14-5-3-4-13(12-14)8-10-21-17(25)9-11-22-19(26)18-15-6-1-2-7-16(15)23-24-18/h1-7,12H,8-11H2,(H,21,25)(H,22,26)(H,23,24). The van der Waals surface area contributed by atoms with Gasteiger partial charge in [0.1, 0.15) is 0 Å². The van der Waals surface area contributed by atoms with Crippen LogP contribution < -0.4 is 10.6 Å². The molecule has 6 nitrogen and oxygen atoms in total. The molecular weight excluding hydrogens is 352 g/mol. The number of carbonyl (C=O) groups excluding carboxylic acids is 2. The molecule has 0 bridgehead atoms. The van der Waals surface area contributed by atoms with E-state index in [9.17, 15) is 9.59 Å². The number of hydrogen-bond acceptors (Lipinski definition) is 3. The van der Waals surface area contributed by atoms with Crippen molar-refractivity contribution < 1.29 is 9.59 Å². The molecule has 0 aliphatic rings. The normalized spacial score (nSPS) is 10.7. The van der Waals surface area contributed by atoms with Crippen LogP contribution in [0, 0.1) is 0 Å². The van der Waals surface area contributed by atoms with E-state index in [1.807, 2.05) is 48.5 Å². The second kappa shape index (κ2) is 8.49. The number of aromatic amines is 1. The number of amides is 2. The van der Waals surface area contributed by atoms with Gasteiger partial charge in [-0.25, -0.2) is 0 Å². The van der Waals surface area contributed by atoms with Gasteiger partial charge in [0.05, 0.1) is 5.52 Å². The highest BCUT2D eigenvalue weighted by molar-refractivity contribution is 6.30. The van der Waals surface area contributed by atoms with Crippen molar-refractivity contribution in [3.05, 3.63) is 64.8 Å². The monoisotopic (exact) mass is 370 g/mol. The van der Waals surface area contributed by atoms with Crippen LogP contribution in [-0.2, 0) is 11.2 Å². The van der Waals surface area contributed by atoms with E-state index in [0.717, 1.165) is 16.5 Å². The zero-order valence-corrected chi connectivity index (χ0v) is 14.8. The molecule has 2 aromatic carbocycles. The summed E-state index contributed by atoms with van der Waals surface area (Å²) in [6.07, 6.45) is 0.918. The van der Waals surface area contributed by atoms with E-state index in [-0.39, 0.29) is 24.8 Å². The summed E-state index contributed by atoms with van der Waals surface area (Å²) in [4.78, 5) is 24.1. The molecule has 0 spiro atoms. The maximum Gasteiger partial charge on any atom is 0.272 e. The summed E-state index contributed by atoms with van der Waals surface area (Å²) >= 11 is 5.93. The van der Waals surface area contributed by atoms with Gasteiger partial charge in [-0.15, -0.1) is 0 Å². The minimum absolute atomic E-state index is 0.112. The third-order valence-electron chi connectivity index (χ3n) is 3.95. The molecule has 3 N–H and O–H groups in total. The van der Waals surface area contributed by atoms with Gasteiger partial charge in [0.25, 0.3) is 5.91 Å². The molecule has 26 heavy (non-hydrogen) atoms. The average molecular weight is 371 g/mol. The topological polar surface area (TPSA) is 86.9 Å². The highest BCUT2D eigenvalue weighted by Crippen LogP contribution is 2.14. The van der Waals surface area contributed by atoms with Crippen LogP contribution in [0.15, 0.2) is 48.5 Å². The lowest BCUT2D eigenvalue weighted by Gasteiger charge is -2.06. The zero-order valence-electron chi connectivity index (χ0n) is 14.1. The number of nitrogens with zero attached hydrogens (tertiary/aromatic N) is 1. The molecule has 0 fully saturated rings. The predicted octanol–water partition coefficient (Wildman–Crippen LogP) is 2.70. The largest absolute Gasteiger partial charge is 0.356 e. The van der Waals surface area contributed by atoms with Crippen LogP contribution >= 0.6 is 11.6 Å². The number of fused-ring (bicyclic) bond motifs is 1. The van der Waals surface area contributed by atoms with Crippen LogP contribution in [0.4, 0.5) is 0 Å². The Hall–Kier alpha value is -2.86. The summed E-state index contributed by atoms with van der Waals surface area (Å²) in [5.74, 6) is -0.409. The average Bonchev–Trinajstić information content (AvgIpc) is 3.06. The highest BCUT2D eigenvalue weighted by atomic mass is 35.5. The lowest BCUT2D eigenvalue weighted by Crippen LogP contribution is -2.31. The molecular formula is C19H19ClN4O2. The van der Waals surface area contributed by atoms with Gasteiger partial charge in [0, 0.05) is 29.9 Å². The number of aromatic nitrogens is 2. The van der Waals surface area contributed by atoms with Gasteiger partial charge >= 0.3 is 0 Å². The van der Waals surface area contributed by atoms with Crippen molar-refractivity contribution in [2.45, 2.75) is 12.8 Å². The fraction of sp³-hybridized carbons (Fsp3) is 0.211. The Morgan fingerprint density at radius 2 is 1.88 bits per heavy atom. The third kappa shape index (κ3) is 4.61. The Morgan fingerprint density at radius 1 is 1.04 bits per heavy atom. The summed E-state index contributed by atoms with van der Waals surface area (Å²) in [5, 5.41) is 13.9. The molecule has 1 aromatic heterocycles. The van der Waals surface area contributed by atoms with Gasteiger partial charge in [-0.2, -0.15) is 5.10 Å². The quantitative estimate of drug-likeness (QED) is 0.597. The number of hydrogen-bond donors (Lipinski definition) is 3. The fourth-order valence-corrected chi connectivity index (χ4v) is 2.85. The SMILES string of the molecule is O=C(CCNC(=O)c1n[nH]c2ccccc12)NCCc1cccc(Cl)c1. The van der Waals surface area contributed by atoms with Gasteiger partial charge in [0.2, 0.25) is 5.91 Å². The lowest BCUT2D eigenvalue weighted by molar-refractivity contribution is -0.120. The molecule has 0 saturated carbocycles. The lowest BCUT2D eigenvalue weighted by atomic mass is 10.1. The van der Waals surface area contributed by atoms with Gasteiger partial charge < -0.3 is 10.6 Å². The molecule has 0 atom stereocenters. The second-order valence-corrected chi connectivity index (χ2v) is 6.29. The first kappa shape index (κ1) is 17.9. The van der Waals surface area contributed by atoms with Gasteiger partial charge in [-0.1, -0.05) is 41.9 Å². The Bertz CT molecular complexity index is 923. The van der Waals surface area contributed by atoms with E-state index >= 15 is 0 Å². The minimum Gasteiger partial charge on any atom is -0.356 e. The number of rotatable bonds is 7. The number of nitrogens with one attached hydrogen (secondary N) is 3. The van der Waals surface area contributed by atoms with Crippen LogP contribution in [0.25, 0.3) is 10.9 Å². The molecule has 7 heteroatoms. The van der Waals surface area contributed by atoms with Crippen LogP contribution in [0.3, 0.4) is 0 Å². The molecule has 0 aliphatic carbocycles. The number of H-pyrrole nitrogens is 1. The first-order chi connectivity index (χ1) is 12.6. The molecule has 0 aliphatic heterocycles. The van der Waals surface area contributed by atoms with Crippen molar-refractivity contribution in [3.63, 3.8) is 0 Å². The highest BCUT2D eigenvalue weighted by Gasteiger charge is 2.13. The van der Waals surface area contributed by atoms with Crippen molar-refractivity contribution >= 4 is 34.3 Å². The number of carbonyl (C=O) groups is 2. The van der Waals surface area contributed by atoms with Gasteiger partial charge in [-0.3, -0.25) is 14.7 Å². The van der Waals surface area contributed by atoms with Crippen LogP contribution in [-0.4, -0.2) is 35.1 Å². The summed E-state index contributed by atoms with van der Waals surface area (Å²) < 4.78 is 0. The van der Waals surface area contributed by atoms with Crippen molar-refractivity contribution in [2.24, 2.45) is 0 Å². The van der Waals surface area contributed by atoms with Crippen molar-refractivity contribution in [1.82, 2.24) is 20.8 Å². The molecule has 1 heterocycles. The first-order valence-electron chi connectivity index (χ1n) is 8.36. The molecule has 0 saturated heterocycles. The zero-order chi connectivity index (χ0) is 18.4. The van der Waals surface area contributed by atoms with Gasteiger partial charge in [-0.05, 0) is 30.2 Å². The first-order valence-corrected chi connectivity index (χ1v) is 8.74. The van der Waals surface area contributed by atoms with Crippen LogP contribution in [0.5, 0.6) is 0 Å². The number of halogens is 1. The van der Waals surface area contributed by atoms with Crippen molar-refractivity contribution in [1.29, 1.82) is 0 Å². The number of para-hydroxylation sites is 1. The molecule has 0 radical (unpaired) electrons. The molecule has 3 aromatic rings. The fourth-order valence-electron chi connectivity index (χ4n) is 2.64. The molecule has 0 unspecified atom stereocenters. The Balaban J connectivity index is 1.40. The summed E-state index contributed by atoms with van der Waals surface area (Å²) in [5.41, 5.74) is 2.20. The Kier molecular flexibility index (Phi) is 5.86. The van der Waals surface area contributed by atoms with Crippen molar-refractivity contribution in [2.75, 3.05) is 13.1 Å². The minimum atomic E-state index is -0.297. The number of benzene rings is 2. The van der Waals surface area contributed by atoms with E-state index in [2.05, 4.69) is 20.8 Å². The van der Waals surface area contributed by atoms with E-state index in [1.165, 1.54) is 0 Å². The van der Waals surface area contributed by atoms with E-state index in [4.69, 9.17) is 11.6 Å². The smallest absolute Gasteiger partial charge is 0.272 e. The third-order valence-corrected chi connectivity index (χ3v) is 4.18. The molecule has 2 amide bonds. The summed E-state index contributed by atoms with van der Waals surface area (Å²) in [6, 6.07) is 14.9. The van der Waals surface area contributed by atoms with Gasteiger partial charge in [0.15, 0.2) is 5.69 Å². The molecule has 134 valence electrons.